The summed E-state index contributed by atoms with van der Waals surface area (Å²) in [6.45, 7) is 2.91. The van der Waals surface area contributed by atoms with Crippen molar-refractivity contribution in [1.82, 2.24) is 14.3 Å². The third-order valence-electron chi connectivity index (χ3n) is 6.24. The van der Waals surface area contributed by atoms with Gasteiger partial charge in [-0.1, -0.05) is 59.6 Å². The second-order valence-electron chi connectivity index (χ2n) is 9.27. The fraction of sp³-hybridized carbons (Fsp3) is 0.241. The molecule has 3 aromatic carbocycles. The fourth-order valence-corrected chi connectivity index (χ4v) is 5.46. The molecule has 210 valence electrons. The number of aryl methyl sites for hydroxylation is 1. The molecule has 1 atom stereocenters. The van der Waals surface area contributed by atoms with Crippen LogP contribution in [0.1, 0.15) is 24.7 Å². The van der Waals surface area contributed by atoms with Gasteiger partial charge in [0.1, 0.15) is 17.6 Å². The van der Waals surface area contributed by atoms with E-state index in [9.17, 15) is 18.3 Å². The molecule has 1 aromatic heterocycles. The van der Waals surface area contributed by atoms with Crippen LogP contribution in [0.4, 0.5) is 0 Å². The second kappa shape index (κ2) is 12.9. The zero-order valence-electron chi connectivity index (χ0n) is 22.0. The average molecular weight is 603 g/mol. The number of hydrogen-bond donors (Lipinski definition) is 2. The van der Waals surface area contributed by atoms with Gasteiger partial charge in [-0.3, -0.25) is 4.79 Å². The molecule has 0 bridgehead atoms. The number of nitrogens with one attached hydrogen (secondary N) is 1. The van der Waals surface area contributed by atoms with Crippen molar-refractivity contribution in [3.05, 3.63) is 94.4 Å². The van der Waals surface area contributed by atoms with Crippen LogP contribution < -0.4 is 9.46 Å². The lowest BCUT2D eigenvalue weighted by Gasteiger charge is -2.13. The summed E-state index contributed by atoms with van der Waals surface area (Å²) >= 11 is 12.4. The van der Waals surface area contributed by atoms with Crippen LogP contribution in [0.2, 0.25) is 10.0 Å². The predicted octanol–water partition coefficient (Wildman–Crippen LogP) is 5.91. The van der Waals surface area contributed by atoms with Crippen LogP contribution in [0, 0.1) is 0 Å². The van der Waals surface area contributed by atoms with E-state index in [4.69, 9.17) is 32.9 Å². The van der Waals surface area contributed by atoms with E-state index in [0.717, 1.165) is 46.6 Å². The van der Waals surface area contributed by atoms with Crippen molar-refractivity contribution in [2.75, 3.05) is 12.9 Å². The van der Waals surface area contributed by atoms with E-state index in [-0.39, 0.29) is 13.0 Å². The van der Waals surface area contributed by atoms with Gasteiger partial charge in [0.2, 0.25) is 10.0 Å². The predicted molar refractivity (Wildman–Crippen MR) is 158 cm³/mol. The molecular weight excluding hydrogens is 573 g/mol. The molecule has 0 radical (unpaired) electrons. The highest BCUT2D eigenvalue weighted by molar-refractivity contribution is 7.88. The molecule has 2 N–H and O–H groups in total. The van der Waals surface area contributed by atoms with Gasteiger partial charge in [-0.2, -0.15) is 0 Å². The Balaban J connectivity index is 1.38. The van der Waals surface area contributed by atoms with Gasteiger partial charge in [0, 0.05) is 36.2 Å². The van der Waals surface area contributed by atoms with Crippen molar-refractivity contribution < 1.29 is 23.1 Å². The van der Waals surface area contributed by atoms with E-state index in [2.05, 4.69) is 40.5 Å². The van der Waals surface area contributed by atoms with E-state index >= 15 is 0 Å². The smallest absolute Gasteiger partial charge is 0.321 e. The molecule has 0 fully saturated rings. The quantitative estimate of drug-likeness (QED) is 0.209. The second-order valence-corrected chi connectivity index (χ2v) is 11.9. The van der Waals surface area contributed by atoms with Gasteiger partial charge in [-0.25, -0.2) is 18.1 Å². The summed E-state index contributed by atoms with van der Waals surface area (Å²) in [7, 11) is -3.64. The maximum atomic E-state index is 11.3. The number of halogens is 2. The standard InChI is InChI=1S/C29H29Cl2N3O5S/c1-3-34-18-27(24-13-10-22(30)17-25(24)31)32-28(34)16-19-4-6-20(7-5-19)21-8-11-23(12-9-21)39-15-14-26(29(35)36)33-40(2,37)38/h4-13,17-18,26,33H,3,14-16H2,1-2H3,(H,35,36)/t26-/m0/s1. The summed E-state index contributed by atoms with van der Waals surface area (Å²) in [5.74, 6) is 0.249. The van der Waals surface area contributed by atoms with Gasteiger partial charge in [0.05, 0.1) is 23.6 Å². The van der Waals surface area contributed by atoms with Crippen LogP contribution in [0.5, 0.6) is 5.75 Å². The molecule has 4 rings (SSSR count). The number of aromatic nitrogens is 2. The molecule has 40 heavy (non-hydrogen) atoms. The first-order valence-corrected chi connectivity index (χ1v) is 15.2. The van der Waals surface area contributed by atoms with Crippen molar-refractivity contribution >= 4 is 39.2 Å². The Hall–Kier alpha value is -3.37. The van der Waals surface area contributed by atoms with Crippen molar-refractivity contribution in [1.29, 1.82) is 0 Å². The zero-order valence-corrected chi connectivity index (χ0v) is 24.3. The molecule has 0 aliphatic rings. The Labute approximate surface area is 243 Å². The van der Waals surface area contributed by atoms with Gasteiger partial charge in [0.25, 0.3) is 0 Å². The molecule has 4 aromatic rings. The molecule has 0 aliphatic carbocycles. The largest absolute Gasteiger partial charge is 0.494 e. The lowest BCUT2D eigenvalue weighted by molar-refractivity contribution is -0.139. The Morgan fingerprint density at radius 2 is 1.70 bits per heavy atom. The van der Waals surface area contributed by atoms with Crippen molar-refractivity contribution in [3.8, 4) is 28.1 Å². The molecule has 0 unspecified atom stereocenters. The van der Waals surface area contributed by atoms with Crippen LogP contribution in [-0.4, -0.2) is 47.9 Å². The van der Waals surface area contributed by atoms with Crippen molar-refractivity contribution in [3.63, 3.8) is 0 Å². The molecular formula is C29H29Cl2N3O5S. The van der Waals surface area contributed by atoms with E-state index < -0.39 is 22.0 Å². The van der Waals surface area contributed by atoms with Crippen molar-refractivity contribution in [2.24, 2.45) is 0 Å². The van der Waals surface area contributed by atoms with Crippen LogP contribution in [0.25, 0.3) is 22.4 Å². The summed E-state index contributed by atoms with van der Waals surface area (Å²) in [6, 6.07) is 19.8. The van der Waals surface area contributed by atoms with Gasteiger partial charge in [0.15, 0.2) is 0 Å². The minimum Gasteiger partial charge on any atom is -0.494 e. The first-order chi connectivity index (χ1) is 19.0. The van der Waals surface area contributed by atoms with Gasteiger partial charge >= 0.3 is 5.97 Å². The topological polar surface area (TPSA) is 111 Å². The maximum Gasteiger partial charge on any atom is 0.321 e. The highest BCUT2D eigenvalue weighted by Gasteiger charge is 2.21. The number of rotatable bonds is 12. The average Bonchev–Trinajstić information content (AvgIpc) is 3.30. The normalized spacial score (nSPS) is 12.3. The Kier molecular flexibility index (Phi) is 9.52. The number of hydrogen-bond acceptors (Lipinski definition) is 5. The molecule has 0 spiro atoms. The lowest BCUT2D eigenvalue weighted by atomic mass is 10.0. The number of sulfonamides is 1. The molecule has 0 saturated carbocycles. The molecule has 0 amide bonds. The minimum absolute atomic E-state index is 0.00385. The van der Waals surface area contributed by atoms with Gasteiger partial charge in [-0.15, -0.1) is 0 Å². The minimum atomic E-state index is -3.64. The number of nitrogens with zero attached hydrogens (tertiary/aromatic N) is 2. The number of ether oxygens (including phenoxy) is 1. The van der Waals surface area contributed by atoms with Crippen molar-refractivity contribution in [2.45, 2.75) is 32.4 Å². The SMILES string of the molecule is CCn1cc(-c2ccc(Cl)cc2Cl)nc1Cc1ccc(-c2ccc(OCC[C@H](NS(C)(=O)=O)C(=O)O)cc2)cc1. The number of benzene rings is 3. The van der Waals surface area contributed by atoms with Crippen LogP contribution in [-0.2, 0) is 27.8 Å². The van der Waals surface area contributed by atoms with E-state index in [1.807, 2.05) is 24.4 Å². The van der Waals surface area contributed by atoms with Gasteiger partial charge < -0.3 is 14.4 Å². The number of carboxylic acids is 1. The summed E-state index contributed by atoms with van der Waals surface area (Å²) in [4.78, 5) is 16.1. The monoisotopic (exact) mass is 601 g/mol. The van der Waals surface area contributed by atoms with Crippen LogP contribution >= 0.6 is 23.2 Å². The first kappa shape index (κ1) is 29.6. The van der Waals surface area contributed by atoms with E-state index in [1.165, 1.54) is 0 Å². The highest BCUT2D eigenvalue weighted by Crippen LogP contribution is 2.30. The Morgan fingerprint density at radius 3 is 2.27 bits per heavy atom. The third-order valence-corrected chi connectivity index (χ3v) is 7.50. The lowest BCUT2D eigenvalue weighted by Crippen LogP contribution is -2.41. The van der Waals surface area contributed by atoms with Gasteiger partial charge in [-0.05, 0) is 53.9 Å². The molecule has 0 aliphatic heterocycles. The molecule has 1 heterocycles. The van der Waals surface area contributed by atoms with Crippen LogP contribution in [0.3, 0.4) is 0 Å². The molecule has 0 saturated heterocycles. The fourth-order valence-electron chi connectivity index (χ4n) is 4.22. The summed E-state index contributed by atoms with van der Waals surface area (Å²) in [5.41, 5.74) is 4.80. The number of aliphatic carboxylic acids is 1. The first-order valence-electron chi connectivity index (χ1n) is 12.6. The molecule has 8 nitrogen and oxygen atoms in total. The summed E-state index contributed by atoms with van der Waals surface area (Å²) < 4.78 is 32.5. The van der Waals surface area contributed by atoms with E-state index in [1.54, 1.807) is 24.3 Å². The van der Waals surface area contributed by atoms with E-state index in [0.29, 0.717) is 22.2 Å². The van der Waals surface area contributed by atoms with Crippen LogP contribution in [0.15, 0.2) is 72.9 Å². The number of carboxylic acid groups (broad SMARTS) is 1. The number of imidazole rings is 1. The Bertz CT molecular complexity index is 1590. The zero-order chi connectivity index (χ0) is 28.9. The maximum absolute atomic E-state index is 11.3. The highest BCUT2D eigenvalue weighted by atomic mass is 35.5. The Morgan fingerprint density at radius 1 is 1.05 bits per heavy atom. The summed E-state index contributed by atoms with van der Waals surface area (Å²) in [5, 5.41) is 10.3. The number of carbonyl (C=O) groups is 1. The molecule has 11 heteroatoms. The summed E-state index contributed by atoms with van der Waals surface area (Å²) in [6.07, 6.45) is 3.59. The third kappa shape index (κ3) is 7.85.